The van der Waals surface area contributed by atoms with Crippen LogP contribution in [0, 0.1) is 6.92 Å². The van der Waals surface area contributed by atoms with Crippen molar-refractivity contribution >= 4 is 28.9 Å². The molecule has 0 spiro atoms. The molecular formula is C18H15Cl2N3O2. The van der Waals surface area contributed by atoms with Crippen molar-refractivity contribution < 1.29 is 5.21 Å². The van der Waals surface area contributed by atoms with Gasteiger partial charge in [0.05, 0.1) is 21.3 Å². The van der Waals surface area contributed by atoms with Crippen molar-refractivity contribution in [2.75, 3.05) is 0 Å². The monoisotopic (exact) mass is 375 g/mol. The Morgan fingerprint density at radius 1 is 1.00 bits per heavy atom. The van der Waals surface area contributed by atoms with E-state index in [1.807, 2.05) is 30.3 Å². The van der Waals surface area contributed by atoms with Gasteiger partial charge in [-0.3, -0.25) is 9.48 Å². The minimum Gasteiger partial charge on any atom is -0.410 e. The molecule has 0 unspecified atom stereocenters. The Bertz CT molecular complexity index is 1000. The predicted molar refractivity (Wildman–Crippen MR) is 99.6 cm³/mol. The zero-order valence-corrected chi connectivity index (χ0v) is 15.1. The standard InChI is InChI=1S/C18H15Cl2N3O2/c1-11-15(17(21-25)16-13(19)9-6-10-14(16)20)18(24)23(22(11)2)12-7-4-3-5-8-12/h3-10,25H,1-2H3/b21-17+. The quantitative estimate of drug-likeness (QED) is 0.427. The fourth-order valence-corrected chi connectivity index (χ4v) is 3.37. The van der Waals surface area contributed by atoms with Crippen LogP contribution in [0.4, 0.5) is 0 Å². The van der Waals surface area contributed by atoms with Gasteiger partial charge in [0.1, 0.15) is 5.71 Å². The molecule has 25 heavy (non-hydrogen) atoms. The molecule has 0 aliphatic carbocycles. The highest BCUT2D eigenvalue weighted by Crippen LogP contribution is 2.28. The lowest BCUT2D eigenvalue weighted by atomic mass is 10.0. The number of aromatic nitrogens is 2. The third kappa shape index (κ3) is 2.86. The van der Waals surface area contributed by atoms with Crippen molar-refractivity contribution in [2.45, 2.75) is 6.92 Å². The average molecular weight is 376 g/mol. The molecule has 0 atom stereocenters. The number of para-hydroxylation sites is 1. The van der Waals surface area contributed by atoms with Gasteiger partial charge in [-0.15, -0.1) is 0 Å². The fraction of sp³-hybridized carbons (Fsp3) is 0.111. The van der Waals surface area contributed by atoms with E-state index in [-0.39, 0.29) is 16.8 Å². The van der Waals surface area contributed by atoms with Crippen LogP contribution in [0.5, 0.6) is 0 Å². The first-order valence-electron chi connectivity index (χ1n) is 7.48. The van der Waals surface area contributed by atoms with Crippen LogP contribution in [0.25, 0.3) is 5.69 Å². The van der Waals surface area contributed by atoms with E-state index in [0.717, 1.165) is 0 Å². The predicted octanol–water partition coefficient (Wildman–Crippen LogP) is 4.02. The summed E-state index contributed by atoms with van der Waals surface area (Å²) in [5.74, 6) is 0. The summed E-state index contributed by atoms with van der Waals surface area (Å²) < 4.78 is 3.20. The number of halogens is 2. The molecular weight excluding hydrogens is 361 g/mol. The first-order valence-corrected chi connectivity index (χ1v) is 8.23. The lowest BCUT2D eigenvalue weighted by Gasteiger charge is -2.08. The van der Waals surface area contributed by atoms with E-state index < -0.39 is 0 Å². The molecule has 0 radical (unpaired) electrons. The molecule has 3 aromatic rings. The lowest BCUT2D eigenvalue weighted by molar-refractivity contribution is 0.319. The number of nitrogens with zero attached hydrogens (tertiary/aromatic N) is 3. The summed E-state index contributed by atoms with van der Waals surface area (Å²) in [4.78, 5) is 13.1. The highest BCUT2D eigenvalue weighted by Gasteiger charge is 2.25. The van der Waals surface area contributed by atoms with Crippen molar-refractivity contribution in [3.63, 3.8) is 0 Å². The first-order chi connectivity index (χ1) is 12.0. The number of hydrogen-bond acceptors (Lipinski definition) is 3. The number of oxime groups is 1. The summed E-state index contributed by atoms with van der Waals surface area (Å²) in [5.41, 5.74) is 1.60. The van der Waals surface area contributed by atoms with Gasteiger partial charge in [0.15, 0.2) is 0 Å². The normalized spacial score (nSPS) is 11.8. The lowest BCUT2D eigenvalue weighted by Crippen LogP contribution is -2.23. The Hall–Kier alpha value is -2.50. The van der Waals surface area contributed by atoms with E-state index in [0.29, 0.717) is 27.0 Å². The summed E-state index contributed by atoms with van der Waals surface area (Å²) in [5, 5.41) is 13.6. The SMILES string of the molecule is Cc1c(/C(=N\O)c2c(Cl)cccc2Cl)c(=O)n(-c2ccccc2)n1C. The van der Waals surface area contributed by atoms with E-state index in [2.05, 4.69) is 5.16 Å². The van der Waals surface area contributed by atoms with Gasteiger partial charge in [-0.05, 0) is 31.2 Å². The van der Waals surface area contributed by atoms with Gasteiger partial charge >= 0.3 is 0 Å². The van der Waals surface area contributed by atoms with E-state index in [1.165, 1.54) is 4.68 Å². The van der Waals surface area contributed by atoms with Crippen molar-refractivity contribution in [1.29, 1.82) is 0 Å². The second-order valence-corrected chi connectivity index (χ2v) is 6.30. The molecule has 0 saturated heterocycles. The van der Waals surface area contributed by atoms with E-state index in [1.54, 1.807) is 36.9 Å². The molecule has 0 amide bonds. The maximum absolute atomic E-state index is 13.1. The molecule has 0 aliphatic heterocycles. The number of rotatable bonds is 3. The summed E-state index contributed by atoms with van der Waals surface area (Å²) in [7, 11) is 1.76. The zero-order chi connectivity index (χ0) is 18.1. The van der Waals surface area contributed by atoms with Gasteiger partial charge in [-0.25, -0.2) is 4.68 Å². The summed E-state index contributed by atoms with van der Waals surface area (Å²) >= 11 is 12.5. The van der Waals surface area contributed by atoms with Gasteiger partial charge in [0, 0.05) is 18.3 Å². The highest BCUT2D eigenvalue weighted by atomic mass is 35.5. The summed E-state index contributed by atoms with van der Waals surface area (Å²) in [6, 6.07) is 14.1. The van der Waals surface area contributed by atoms with Gasteiger partial charge in [-0.1, -0.05) is 52.6 Å². The minimum absolute atomic E-state index is 0.0448. The van der Waals surface area contributed by atoms with Crippen molar-refractivity contribution in [3.8, 4) is 5.69 Å². The Labute approximate surface area is 154 Å². The Morgan fingerprint density at radius 2 is 1.60 bits per heavy atom. The maximum Gasteiger partial charge on any atom is 0.281 e. The van der Waals surface area contributed by atoms with Crippen LogP contribution in [0.1, 0.15) is 16.8 Å². The number of benzene rings is 2. The van der Waals surface area contributed by atoms with Crippen LogP contribution in [0.15, 0.2) is 58.5 Å². The highest BCUT2D eigenvalue weighted by molar-refractivity contribution is 6.41. The van der Waals surface area contributed by atoms with Crippen LogP contribution in [-0.2, 0) is 7.05 Å². The molecule has 1 heterocycles. The third-order valence-corrected chi connectivity index (χ3v) is 4.72. The van der Waals surface area contributed by atoms with Gasteiger partial charge in [-0.2, -0.15) is 0 Å². The summed E-state index contributed by atoms with van der Waals surface area (Å²) in [6.07, 6.45) is 0. The molecule has 0 fully saturated rings. The fourth-order valence-electron chi connectivity index (χ4n) is 2.79. The van der Waals surface area contributed by atoms with Crippen LogP contribution in [-0.4, -0.2) is 20.3 Å². The van der Waals surface area contributed by atoms with Crippen molar-refractivity contribution in [1.82, 2.24) is 9.36 Å². The average Bonchev–Trinajstić information content (AvgIpc) is 2.82. The molecule has 0 aliphatic rings. The van der Waals surface area contributed by atoms with E-state index >= 15 is 0 Å². The van der Waals surface area contributed by atoms with Crippen molar-refractivity contribution in [2.24, 2.45) is 12.2 Å². The Balaban J connectivity index is 2.30. The second-order valence-electron chi connectivity index (χ2n) is 5.48. The molecule has 0 bridgehead atoms. The Kier molecular flexibility index (Phi) is 4.70. The second kappa shape index (κ2) is 6.78. The molecule has 7 heteroatoms. The van der Waals surface area contributed by atoms with Gasteiger partial charge < -0.3 is 5.21 Å². The molecule has 5 nitrogen and oxygen atoms in total. The van der Waals surface area contributed by atoms with Gasteiger partial charge in [0.25, 0.3) is 5.56 Å². The topological polar surface area (TPSA) is 59.5 Å². The van der Waals surface area contributed by atoms with Gasteiger partial charge in [0.2, 0.25) is 0 Å². The van der Waals surface area contributed by atoms with Crippen LogP contribution < -0.4 is 5.56 Å². The molecule has 0 saturated carbocycles. The number of hydrogen-bond donors (Lipinski definition) is 1. The minimum atomic E-state index is -0.324. The van der Waals surface area contributed by atoms with Crippen LogP contribution in [0.2, 0.25) is 10.0 Å². The molecule has 2 aromatic carbocycles. The summed E-state index contributed by atoms with van der Waals surface area (Å²) in [6.45, 7) is 1.77. The largest absolute Gasteiger partial charge is 0.410 e. The maximum atomic E-state index is 13.1. The molecule has 1 aromatic heterocycles. The first kappa shape index (κ1) is 17.3. The molecule has 128 valence electrons. The third-order valence-electron chi connectivity index (χ3n) is 4.09. The molecule has 3 rings (SSSR count). The smallest absolute Gasteiger partial charge is 0.281 e. The molecule has 1 N–H and O–H groups in total. The van der Waals surface area contributed by atoms with Crippen molar-refractivity contribution in [3.05, 3.63) is 85.8 Å². The van der Waals surface area contributed by atoms with E-state index in [9.17, 15) is 10.0 Å². The van der Waals surface area contributed by atoms with Crippen LogP contribution >= 0.6 is 23.2 Å². The van der Waals surface area contributed by atoms with E-state index in [4.69, 9.17) is 23.2 Å². The Morgan fingerprint density at radius 3 is 2.16 bits per heavy atom. The zero-order valence-electron chi connectivity index (χ0n) is 13.6. The van der Waals surface area contributed by atoms with Crippen LogP contribution in [0.3, 0.4) is 0 Å².